The number of rotatable bonds is 7. The van der Waals surface area contributed by atoms with Gasteiger partial charge in [0.25, 0.3) is 0 Å². The van der Waals surface area contributed by atoms with E-state index in [4.69, 9.17) is 16.3 Å². The highest BCUT2D eigenvalue weighted by Crippen LogP contribution is 2.21. The van der Waals surface area contributed by atoms with Crippen LogP contribution in [0.15, 0.2) is 70.6 Å². The summed E-state index contributed by atoms with van der Waals surface area (Å²) >= 11 is 5.77. The number of nitrogens with zero attached hydrogens (tertiary/aromatic N) is 1. The maximum absolute atomic E-state index is 12.6. The van der Waals surface area contributed by atoms with Crippen LogP contribution in [0.25, 0.3) is 0 Å². The Morgan fingerprint density at radius 2 is 1.85 bits per heavy atom. The van der Waals surface area contributed by atoms with Gasteiger partial charge >= 0.3 is 5.97 Å². The number of benzene rings is 2. The second-order valence-electron chi connectivity index (χ2n) is 5.34. The van der Waals surface area contributed by atoms with Gasteiger partial charge in [-0.25, -0.2) is 13.2 Å². The third-order valence-electron chi connectivity index (χ3n) is 3.56. The number of ether oxygens (including phenoxy) is 1. The van der Waals surface area contributed by atoms with Gasteiger partial charge in [-0.05, 0) is 36.8 Å². The molecule has 0 aliphatic rings. The van der Waals surface area contributed by atoms with Gasteiger partial charge in [-0.1, -0.05) is 41.9 Å². The highest BCUT2D eigenvalue weighted by atomic mass is 35.5. The first-order valence-corrected chi connectivity index (χ1v) is 9.84. The van der Waals surface area contributed by atoms with Gasteiger partial charge in [0.2, 0.25) is 9.84 Å². The summed E-state index contributed by atoms with van der Waals surface area (Å²) < 4.78 is 30.3. The summed E-state index contributed by atoms with van der Waals surface area (Å²) in [7, 11) is -4.06. The van der Waals surface area contributed by atoms with Gasteiger partial charge in [0, 0.05) is 11.2 Å². The Kier molecular flexibility index (Phi) is 6.99. The van der Waals surface area contributed by atoms with E-state index in [0.29, 0.717) is 10.6 Å². The molecule has 0 spiro atoms. The van der Waals surface area contributed by atoms with E-state index in [1.165, 1.54) is 24.3 Å². The van der Waals surface area contributed by atoms with E-state index in [9.17, 15) is 18.5 Å². The number of esters is 1. The van der Waals surface area contributed by atoms with Crippen LogP contribution in [-0.2, 0) is 19.4 Å². The topological polar surface area (TPSA) is 96.3 Å². The molecule has 0 heterocycles. The van der Waals surface area contributed by atoms with Crippen LogP contribution in [0.4, 0.5) is 0 Å². The molecular weight excluding hydrogens is 388 g/mol. The molecular formula is C19H17ClN2O4S. The molecule has 0 aromatic heterocycles. The van der Waals surface area contributed by atoms with Crippen molar-refractivity contribution >= 4 is 27.4 Å². The molecule has 1 N–H and O–H groups in total. The van der Waals surface area contributed by atoms with E-state index < -0.39 is 26.8 Å². The second kappa shape index (κ2) is 9.21. The van der Waals surface area contributed by atoms with Crippen molar-refractivity contribution < 1.29 is 17.9 Å². The Hall–Kier alpha value is -2.82. The quantitative estimate of drug-likeness (QED) is 0.561. The summed E-state index contributed by atoms with van der Waals surface area (Å²) in [6.45, 7) is 1.84. The fourth-order valence-electron chi connectivity index (χ4n) is 2.24. The lowest BCUT2D eigenvalue weighted by Crippen LogP contribution is -2.27. The number of carbonyl (C=O) groups is 1. The Morgan fingerprint density at radius 3 is 2.41 bits per heavy atom. The summed E-state index contributed by atoms with van der Waals surface area (Å²) in [5.41, 5.74) is 0.577. The highest BCUT2D eigenvalue weighted by molar-refractivity contribution is 7.95. The van der Waals surface area contributed by atoms with E-state index in [2.05, 4.69) is 5.32 Å². The van der Waals surface area contributed by atoms with Crippen LogP contribution in [0.5, 0.6) is 0 Å². The fourth-order valence-corrected chi connectivity index (χ4v) is 3.46. The summed E-state index contributed by atoms with van der Waals surface area (Å²) in [6.07, 6.45) is 1.01. The third-order valence-corrected chi connectivity index (χ3v) is 5.49. The minimum atomic E-state index is -4.06. The van der Waals surface area contributed by atoms with E-state index in [1.54, 1.807) is 43.3 Å². The van der Waals surface area contributed by atoms with Gasteiger partial charge in [0.15, 0.2) is 4.91 Å². The van der Waals surface area contributed by atoms with Crippen molar-refractivity contribution in [2.45, 2.75) is 17.9 Å². The number of allylic oxidation sites excluding steroid dienone is 1. The van der Waals surface area contributed by atoms with Crippen molar-refractivity contribution in [1.82, 2.24) is 5.32 Å². The maximum Gasteiger partial charge on any atom is 0.333 e. The highest BCUT2D eigenvalue weighted by Gasteiger charge is 2.24. The third kappa shape index (κ3) is 5.09. The molecule has 2 aromatic carbocycles. The first-order chi connectivity index (χ1) is 12.9. The summed E-state index contributed by atoms with van der Waals surface area (Å²) in [5.74, 6) is -0.582. The Bertz CT molecular complexity index is 965. The molecule has 0 bridgehead atoms. The molecule has 140 valence electrons. The molecule has 0 fully saturated rings. The van der Waals surface area contributed by atoms with E-state index >= 15 is 0 Å². The van der Waals surface area contributed by atoms with Crippen molar-refractivity contribution in [1.29, 1.82) is 5.26 Å². The van der Waals surface area contributed by atoms with E-state index in [-0.39, 0.29) is 11.5 Å². The molecule has 2 rings (SSSR count). The average molecular weight is 405 g/mol. The smallest absolute Gasteiger partial charge is 0.333 e. The molecule has 8 heteroatoms. The summed E-state index contributed by atoms with van der Waals surface area (Å²) in [6, 6.07) is 14.8. The van der Waals surface area contributed by atoms with Crippen LogP contribution in [0, 0.1) is 11.3 Å². The van der Waals surface area contributed by atoms with E-state index in [1.807, 2.05) is 0 Å². The number of hydrogen-bond donors (Lipinski definition) is 1. The molecule has 1 atom stereocenters. The molecule has 0 aliphatic carbocycles. The molecule has 0 aliphatic heterocycles. The van der Waals surface area contributed by atoms with E-state index in [0.717, 1.165) is 6.20 Å². The molecule has 1 unspecified atom stereocenters. The van der Waals surface area contributed by atoms with Crippen LogP contribution in [0.3, 0.4) is 0 Å². The predicted molar refractivity (Wildman–Crippen MR) is 101 cm³/mol. The van der Waals surface area contributed by atoms with Crippen LogP contribution in [-0.4, -0.2) is 21.0 Å². The standard InChI is InChI=1S/C19H17ClN2O4S/c1-2-26-19(23)18(14-6-4-3-5-7-14)22-13-17(12-21)27(24,25)16-10-8-15(20)9-11-16/h3-11,13,18,22H,2H2,1H3/b17-13+. The van der Waals surface area contributed by atoms with Crippen molar-refractivity contribution in [3.8, 4) is 6.07 Å². The average Bonchev–Trinajstić information content (AvgIpc) is 2.66. The second-order valence-corrected chi connectivity index (χ2v) is 7.69. The minimum Gasteiger partial charge on any atom is -0.464 e. The SMILES string of the molecule is CCOC(=O)C(N/C=C(\C#N)S(=O)(=O)c1ccc(Cl)cc1)c1ccccc1. The maximum atomic E-state index is 12.6. The van der Waals surface area contributed by atoms with Crippen LogP contribution in [0.1, 0.15) is 18.5 Å². The first-order valence-electron chi connectivity index (χ1n) is 7.98. The monoisotopic (exact) mass is 404 g/mol. The van der Waals surface area contributed by atoms with Gasteiger partial charge < -0.3 is 10.1 Å². The largest absolute Gasteiger partial charge is 0.464 e. The summed E-state index contributed by atoms with van der Waals surface area (Å²) in [4.78, 5) is 11.6. The molecule has 0 saturated carbocycles. The zero-order chi connectivity index (χ0) is 19.9. The zero-order valence-corrected chi connectivity index (χ0v) is 16.0. The number of sulfone groups is 1. The van der Waals surface area contributed by atoms with Crippen molar-refractivity contribution in [2.75, 3.05) is 6.61 Å². The number of hydrogen-bond acceptors (Lipinski definition) is 6. The van der Waals surface area contributed by atoms with Crippen LogP contribution < -0.4 is 5.32 Å². The van der Waals surface area contributed by atoms with Gasteiger partial charge in [-0.3, -0.25) is 0 Å². The van der Waals surface area contributed by atoms with Gasteiger partial charge in [0.1, 0.15) is 12.1 Å². The number of carbonyl (C=O) groups excluding carboxylic acids is 1. The molecule has 0 saturated heterocycles. The van der Waals surface area contributed by atoms with Crippen LogP contribution in [0.2, 0.25) is 5.02 Å². The van der Waals surface area contributed by atoms with Gasteiger partial charge in [-0.2, -0.15) is 5.26 Å². The molecule has 6 nitrogen and oxygen atoms in total. The Labute approximate surface area is 162 Å². The lowest BCUT2D eigenvalue weighted by atomic mass is 10.1. The molecule has 27 heavy (non-hydrogen) atoms. The van der Waals surface area contributed by atoms with Crippen molar-refractivity contribution in [2.24, 2.45) is 0 Å². The van der Waals surface area contributed by atoms with Crippen LogP contribution >= 0.6 is 11.6 Å². The first kappa shape index (κ1) is 20.5. The number of nitriles is 1. The number of nitrogens with one attached hydrogen (secondary N) is 1. The molecule has 2 aromatic rings. The van der Waals surface area contributed by atoms with Gasteiger partial charge in [-0.15, -0.1) is 0 Å². The van der Waals surface area contributed by atoms with Crippen molar-refractivity contribution in [3.05, 3.63) is 76.3 Å². The number of halogens is 1. The predicted octanol–water partition coefficient (Wildman–Crippen LogP) is 3.37. The Morgan fingerprint density at radius 1 is 1.22 bits per heavy atom. The molecule has 0 amide bonds. The zero-order valence-electron chi connectivity index (χ0n) is 14.4. The fraction of sp³-hybridized carbons (Fsp3) is 0.158. The lowest BCUT2D eigenvalue weighted by Gasteiger charge is -2.16. The lowest BCUT2D eigenvalue weighted by molar-refractivity contribution is -0.145. The normalized spacial score (nSPS) is 12.7. The Balaban J connectivity index is 2.36. The minimum absolute atomic E-state index is 0.0751. The molecule has 0 radical (unpaired) electrons. The summed E-state index contributed by atoms with van der Waals surface area (Å²) in [5, 5.41) is 12.4. The van der Waals surface area contributed by atoms with Crippen molar-refractivity contribution in [3.63, 3.8) is 0 Å². The van der Waals surface area contributed by atoms with Gasteiger partial charge in [0.05, 0.1) is 11.5 Å².